The third-order valence-corrected chi connectivity index (χ3v) is 2.47. The molecule has 1 atom stereocenters. The number of aliphatic carboxylic acids is 1. The molecule has 1 amide bonds. The average molecular weight is 291 g/mol. The second kappa shape index (κ2) is 6.90. The van der Waals surface area contributed by atoms with Crippen molar-refractivity contribution in [3.8, 4) is 0 Å². The van der Waals surface area contributed by atoms with E-state index < -0.39 is 41.0 Å². The molecule has 0 aliphatic rings. The van der Waals surface area contributed by atoms with E-state index in [1.165, 1.54) is 7.11 Å². The second-order valence-electron chi connectivity index (χ2n) is 3.92. The van der Waals surface area contributed by atoms with Crippen LogP contribution in [0, 0.1) is 17.5 Å². The van der Waals surface area contributed by atoms with Crippen molar-refractivity contribution < 1.29 is 32.6 Å². The number of carbonyl (C=O) groups excluding carboxylic acids is 1. The summed E-state index contributed by atoms with van der Waals surface area (Å²) in [7, 11) is 1.26. The van der Waals surface area contributed by atoms with Crippen LogP contribution in [0.4, 0.5) is 13.2 Å². The lowest BCUT2D eigenvalue weighted by Crippen LogP contribution is -2.34. The number of rotatable bonds is 6. The number of halogens is 3. The minimum absolute atomic E-state index is 0.164. The molecule has 0 radical (unpaired) electrons. The van der Waals surface area contributed by atoms with Crippen molar-refractivity contribution in [1.29, 1.82) is 0 Å². The van der Waals surface area contributed by atoms with Gasteiger partial charge in [-0.2, -0.15) is 0 Å². The number of amides is 1. The summed E-state index contributed by atoms with van der Waals surface area (Å²) < 4.78 is 43.4. The quantitative estimate of drug-likeness (QED) is 0.775. The Balaban J connectivity index is 2.69. The van der Waals surface area contributed by atoms with Gasteiger partial charge in [0.25, 0.3) is 5.91 Å². The van der Waals surface area contributed by atoms with Crippen molar-refractivity contribution in [2.75, 3.05) is 13.7 Å². The smallest absolute Gasteiger partial charge is 0.306 e. The Kier molecular flexibility index (Phi) is 5.51. The molecule has 0 bridgehead atoms. The van der Waals surface area contributed by atoms with Gasteiger partial charge in [0.1, 0.15) is 0 Å². The number of benzene rings is 1. The van der Waals surface area contributed by atoms with Gasteiger partial charge in [-0.05, 0) is 12.1 Å². The maximum Gasteiger partial charge on any atom is 0.306 e. The molecular weight excluding hydrogens is 279 g/mol. The van der Waals surface area contributed by atoms with E-state index in [0.717, 1.165) is 0 Å². The summed E-state index contributed by atoms with van der Waals surface area (Å²) in [5.74, 6) is -6.62. The normalized spacial score (nSPS) is 12.0. The highest BCUT2D eigenvalue weighted by atomic mass is 19.2. The summed E-state index contributed by atoms with van der Waals surface area (Å²) in [6.07, 6.45) is -1.13. The molecule has 1 unspecified atom stereocenters. The van der Waals surface area contributed by atoms with Crippen molar-refractivity contribution in [1.82, 2.24) is 5.32 Å². The molecule has 1 aromatic rings. The highest BCUT2D eigenvalue weighted by molar-refractivity contribution is 5.94. The Bertz CT molecular complexity index is 498. The van der Waals surface area contributed by atoms with E-state index in [1.807, 2.05) is 0 Å². The zero-order valence-corrected chi connectivity index (χ0v) is 10.5. The van der Waals surface area contributed by atoms with Crippen LogP contribution in [-0.4, -0.2) is 36.7 Å². The summed E-state index contributed by atoms with van der Waals surface area (Å²) in [4.78, 5) is 22.1. The van der Waals surface area contributed by atoms with E-state index >= 15 is 0 Å². The van der Waals surface area contributed by atoms with Gasteiger partial charge < -0.3 is 15.2 Å². The molecule has 8 heteroatoms. The fourth-order valence-corrected chi connectivity index (χ4v) is 1.43. The molecule has 0 spiro atoms. The summed E-state index contributed by atoms with van der Waals surface area (Å²) >= 11 is 0. The van der Waals surface area contributed by atoms with Crippen molar-refractivity contribution >= 4 is 11.9 Å². The van der Waals surface area contributed by atoms with Crippen LogP contribution in [0.3, 0.4) is 0 Å². The molecule has 0 aliphatic heterocycles. The molecule has 1 rings (SSSR count). The molecule has 5 nitrogen and oxygen atoms in total. The van der Waals surface area contributed by atoms with Crippen molar-refractivity contribution in [3.63, 3.8) is 0 Å². The van der Waals surface area contributed by atoms with Crippen LogP contribution < -0.4 is 5.32 Å². The van der Waals surface area contributed by atoms with E-state index in [-0.39, 0.29) is 13.0 Å². The maximum absolute atomic E-state index is 12.9. The lowest BCUT2D eigenvalue weighted by molar-refractivity contribution is -0.139. The second-order valence-corrected chi connectivity index (χ2v) is 3.92. The van der Waals surface area contributed by atoms with Crippen LogP contribution in [0.25, 0.3) is 0 Å². The first-order chi connectivity index (χ1) is 9.35. The number of ether oxygens (including phenoxy) is 1. The van der Waals surface area contributed by atoms with Gasteiger partial charge in [0.05, 0.1) is 12.5 Å². The Labute approximate surface area is 112 Å². The fraction of sp³-hybridized carbons (Fsp3) is 0.333. The van der Waals surface area contributed by atoms with Crippen molar-refractivity contribution in [3.05, 3.63) is 35.1 Å². The van der Waals surface area contributed by atoms with Gasteiger partial charge in [0, 0.05) is 19.2 Å². The van der Waals surface area contributed by atoms with Crippen LogP contribution in [0.5, 0.6) is 0 Å². The monoisotopic (exact) mass is 291 g/mol. The Morgan fingerprint density at radius 2 is 1.85 bits per heavy atom. The first kappa shape index (κ1) is 16.0. The van der Waals surface area contributed by atoms with Gasteiger partial charge in [-0.25, -0.2) is 13.2 Å². The Morgan fingerprint density at radius 3 is 2.30 bits per heavy atom. The summed E-state index contributed by atoms with van der Waals surface area (Å²) in [6.45, 7) is -0.164. The lowest BCUT2D eigenvalue weighted by atomic mass is 10.2. The molecule has 20 heavy (non-hydrogen) atoms. The number of carbonyl (C=O) groups is 2. The van der Waals surface area contributed by atoms with Gasteiger partial charge in [-0.1, -0.05) is 0 Å². The summed E-state index contributed by atoms with van der Waals surface area (Å²) in [6, 6.07) is 1.10. The van der Waals surface area contributed by atoms with Gasteiger partial charge in [-0.3, -0.25) is 9.59 Å². The topological polar surface area (TPSA) is 75.6 Å². The molecule has 110 valence electrons. The lowest BCUT2D eigenvalue weighted by Gasteiger charge is -2.14. The summed E-state index contributed by atoms with van der Waals surface area (Å²) in [5.41, 5.74) is -0.411. The zero-order chi connectivity index (χ0) is 15.3. The summed E-state index contributed by atoms with van der Waals surface area (Å²) in [5, 5.41) is 10.8. The first-order valence-corrected chi connectivity index (χ1v) is 5.52. The number of hydrogen-bond acceptors (Lipinski definition) is 3. The van der Waals surface area contributed by atoms with Gasteiger partial charge >= 0.3 is 5.97 Å². The zero-order valence-electron chi connectivity index (χ0n) is 10.5. The largest absolute Gasteiger partial charge is 0.481 e. The standard InChI is InChI=1S/C12H12F3NO4/c1-20-7(4-10(17)18)5-16-12(19)6-2-8(13)11(15)9(14)3-6/h2-3,7H,4-5H2,1H3,(H,16,19)(H,17,18). The molecule has 1 aromatic carbocycles. The molecule has 0 aliphatic carbocycles. The third kappa shape index (κ3) is 4.23. The Hall–Kier alpha value is -2.09. The number of carboxylic acid groups (broad SMARTS) is 1. The number of nitrogens with one attached hydrogen (secondary N) is 1. The highest BCUT2D eigenvalue weighted by Gasteiger charge is 2.17. The van der Waals surface area contributed by atoms with E-state index in [2.05, 4.69) is 5.32 Å². The van der Waals surface area contributed by atoms with Crippen LogP contribution in [0.1, 0.15) is 16.8 Å². The van der Waals surface area contributed by atoms with Crippen LogP contribution in [0.2, 0.25) is 0 Å². The van der Waals surface area contributed by atoms with Crippen LogP contribution in [0.15, 0.2) is 12.1 Å². The van der Waals surface area contributed by atoms with Crippen LogP contribution in [-0.2, 0) is 9.53 Å². The molecule has 0 fully saturated rings. The molecular formula is C12H12F3NO4. The number of hydrogen-bond donors (Lipinski definition) is 2. The predicted octanol–water partition coefficient (Wildman–Crippen LogP) is 1.32. The minimum atomic E-state index is -1.66. The minimum Gasteiger partial charge on any atom is -0.481 e. The average Bonchev–Trinajstić information content (AvgIpc) is 2.39. The molecule has 0 aromatic heterocycles. The highest BCUT2D eigenvalue weighted by Crippen LogP contribution is 2.13. The first-order valence-electron chi connectivity index (χ1n) is 5.52. The van der Waals surface area contributed by atoms with Gasteiger partial charge in [0.2, 0.25) is 0 Å². The van der Waals surface area contributed by atoms with Gasteiger partial charge in [-0.15, -0.1) is 0 Å². The number of methoxy groups -OCH3 is 1. The van der Waals surface area contributed by atoms with Crippen LogP contribution >= 0.6 is 0 Å². The molecule has 0 heterocycles. The van der Waals surface area contributed by atoms with Crippen molar-refractivity contribution in [2.45, 2.75) is 12.5 Å². The van der Waals surface area contributed by atoms with E-state index in [1.54, 1.807) is 0 Å². The van der Waals surface area contributed by atoms with Crippen molar-refractivity contribution in [2.24, 2.45) is 0 Å². The predicted molar refractivity (Wildman–Crippen MR) is 61.7 cm³/mol. The molecule has 0 saturated carbocycles. The van der Waals surface area contributed by atoms with E-state index in [0.29, 0.717) is 12.1 Å². The Morgan fingerprint density at radius 1 is 1.30 bits per heavy atom. The third-order valence-electron chi connectivity index (χ3n) is 2.47. The molecule has 2 N–H and O–H groups in total. The fourth-order valence-electron chi connectivity index (χ4n) is 1.43. The maximum atomic E-state index is 12.9. The van der Waals surface area contributed by atoms with E-state index in [9.17, 15) is 22.8 Å². The number of carboxylic acids is 1. The van der Waals surface area contributed by atoms with Gasteiger partial charge in [0.15, 0.2) is 17.5 Å². The van der Waals surface area contributed by atoms with E-state index in [4.69, 9.17) is 9.84 Å². The molecule has 0 saturated heterocycles. The SMILES string of the molecule is COC(CNC(=O)c1cc(F)c(F)c(F)c1)CC(=O)O.